The van der Waals surface area contributed by atoms with Gasteiger partial charge in [0.05, 0.1) is 17.5 Å². The van der Waals surface area contributed by atoms with Crippen LogP contribution in [0.25, 0.3) is 22.4 Å². The van der Waals surface area contributed by atoms with E-state index in [1.54, 1.807) is 23.3 Å². The quantitative estimate of drug-likeness (QED) is 0.545. The first kappa shape index (κ1) is 19.2. The van der Waals surface area contributed by atoms with Crippen LogP contribution in [0.4, 0.5) is 0 Å². The number of aromatic nitrogens is 5. The molecule has 5 rings (SSSR count). The summed E-state index contributed by atoms with van der Waals surface area (Å²) in [5, 5.41) is 5.61. The highest BCUT2D eigenvalue weighted by atomic mass is 16.2. The first-order valence-electron chi connectivity index (χ1n) is 10.5. The molecule has 1 amide bonds. The summed E-state index contributed by atoms with van der Waals surface area (Å²) in [6, 6.07) is 9.72. The molecule has 4 aromatic heterocycles. The molecule has 0 saturated carbocycles. The number of nitrogens with zero attached hydrogens (tertiary/aromatic N) is 5. The van der Waals surface area contributed by atoms with E-state index in [9.17, 15) is 4.79 Å². The normalized spacial score (nSPS) is 14.3. The molecule has 0 saturated heterocycles. The van der Waals surface area contributed by atoms with Crippen molar-refractivity contribution in [3.05, 3.63) is 78.0 Å². The van der Waals surface area contributed by atoms with E-state index in [4.69, 9.17) is 0 Å². The molecule has 0 radical (unpaired) electrons. The lowest BCUT2D eigenvalue weighted by Crippen LogP contribution is -2.35. The smallest absolute Gasteiger partial charge is 0.257 e. The highest BCUT2D eigenvalue weighted by molar-refractivity contribution is 5.96. The topological polar surface area (TPSA) is 79.7 Å². The van der Waals surface area contributed by atoms with Crippen LogP contribution in [-0.2, 0) is 0 Å². The van der Waals surface area contributed by atoms with Crippen LogP contribution in [-0.4, -0.2) is 48.6 Å². The lowest BCUT2D eigenvalue weighted by molar-refractivity contribution is 0.0771. The standard InChI is InChI=1S/C24H24N6O/c1-16(2)22-20(15-28-30(22)21-7-3-4-10-25-21)24(31)29-12-8-17(9-13-29)19-14-27-23-18(19)6-5-11-26-23/h3-8,10-11,14-16H,9,12-13H2,1-2H3,(H,26,27). The van der Waals surface area contributed by atoms with Crippen molar-refractivity contribution in [3.63, 3.8) is 0 Å². The van der Waals surface area contributed by atoms with Crippen molar-refractivity contribution in [2.24, 2.45) is 0 Å². The van der Waals surface area contributed by atoms with Gasteiger partial charge in [-0.25, -0.2) is 14.6 Å². The number of pyridine rings is 2. The Kier molecular flexibility index (Phi) is 4.86. The van der Waals surface area contributed by atoms with Gasteiger partial charge in [-0.2, -0.15) is 5.10 Å². The zero-order valence-corrected chi connectivity index (χ0v) is 17.6. The van der Waals surface area contributed by atoms with Crippen LogP contribution in [0, 0.1) is 0 Å². The number of H-pyrrole nitrogens is 1. The maximum absolute atomic E-state index is 13.4. The fraction of sp³-hybridized carbons (Fsp3) is 0.250. The summed E-state index contributed by atoms with van der Waals surface area (Å²) < 4.78 is 1.78. The third-order valence-electron chi connectivity index (χ3n) is 5.74. The van der Waals surface area contributed by atoms with E-state index in [0.29, 0.717) is 18.7 Å². The molecule has 1 N–H and O–H groups in total. The lowest BCUT2D eigenvalue weighted by Gasteiger charge is -2.27. The Morgan fingerprint density at radius 2 is 2.00 bits per heavy atom. The van der Waals surface area contributed by atoms with Gasteiger partial charge in [0.1, 0.15) is 5.65 Å². The molecule has 0 aromatic carbocycles. The van der Waals surface area contributed by atoms with Gasteiger partial charge in [-0.05, 0) is 42.2 Å². The summed E-state index contributed by atoms with van der Waals surface area (Å²) in [7, 11) is 0. The second kappa shape index (κ2) is 7.83. The molecule has 0 unspecified atom stereocenters. The first-order chi connectivity index (χ1) is 15.1. The predicted octanol–water partition coefficient (Wildman–Crippen LogP) is 4.20. The number of amides is 1. The Bertz CT molecular complexity index is 1270. The Labute approximate surface area is 180 Å². The van der Waals surface area contributed by atoms with Gasteiger partial charge < -0.3 is 9.88 Å². The Hall–Kier alpha value is -3.74. The maximum atomic E-state index is 13.4. The van der Waals surface area contributed by atoms with Crippen LogP contribution in [0.15, 0.2) is 61.2 Å². The van der Waals surface area contributed by atoms with Crippen LogP contribution in [0.5, 0.6) is 0 Å². The zero-order valence-electron chi connectivity index (χ0n) is 17.6. The number of hydrogen-bond donors (Lipinski definition) is 1. The molecule has 1 aliphatic rings. The summed E-state index contributed by atoms with van der Waals surface area (Å²) in [5.41, 5.74) is 4.84. The fourth-order valence-electron chi connectivity index (χ4n) is 4.23. The van der Waals surface area contributed by atoms with Crippen molar-refractivity contribution in [3.8, 4) is 5.82 Å². The molecule has 7 nitrogen and oxygen atoms in total. The Morgan fingerprint density at radius 1 is 1.13 bits per heavy atom. The molecule has 0 bridgehead atoms. The minimum absolute atomic E-state index is 0.0155. The van der Waals surface area contributed by atoms with Crippen molar-refractivity contribution in [2.45, 2.75) is 26.2 Å². The molecular formula is C24H24N6O. The summed E-state index contributed by atoms with van der Waals surface area (Å²) in [6.45, 7) is 5.40. The maximum Gasteiger partial charge on any atom is 0.257 e. The number of nitrogens with one attached hydrogen (secondary N) is 1. The van der Waals surface area contributed by atoms with E-state index >= 15 is 0 Å². The third-order valence-corrected chi connectivity index (χ3v) is 5.74. The molecule has 7 heteroatoms. The van der Waals surface area contributed by atoms with E-state index in [1.165, 1.54) is 11.1 Å². The molecule has 31 heavy (non-hydrogen) atoms. The summed E-state index contributed by atoms with van der Waals surface area (Å²) >= 11 is 0. The number of aromatic amines is 1. The number of fused-ring (bicyclic) bond motifs is 1. The van der Waals surface area contributed by atoms with Gasteiger partial charge >= 0.3 is 0 Å². The van der Waals surface area contributed by atoms with Gasteiger partial charge in [-0.3, -0.25) is 4.79 Å². The van der Waals surface area contributed by atoms with Crippen LogP contribution in [0.2, 0.25) is 0 Å². The minimum Gasteiger partial charge on any atom is -0.346 e. The molecule has 0 spiro atoms. The first-order valence-corrected chi connectivity index (χ1v) is 10.5. The number of carbonyl (C=O) groups is 1. The van der Waals surface area contributed by atoms with Gasteiger partial charge in [-0.15, -0.1) is 0 Å². The van der Waals surface area contributed by atoms with Crippen LogP contribution in [0.1, 0.15) is 47.8 Å². The van der Waals surface area contributed by atoms with Crippen molar-refractivity contribution < 1.29 is 4.79 Å². The second-order valence-electron chi connectivity index (χ2n) is 8.03. The summed E-state index contributed by atoms with van der Waals surface area (Å²) in [6.07, 6.45) is 10.2. The Morgan fingerprint density at radius 3 is 2.74 bits per heavy atom. The Balaban J connectivity index is 1.41. The highest BCUT2D eigenvalue weighted by Gasteiger charge is 2.26. The monoisotopic (exact) mass is 412 g/mol. The van der Waals surface area contributed by atoms with Crippen molar-refractivity contribution >= 4 is 22.5 Å². The van der Waals surface area contributed by atoms with Crippen molar-refractivity contribution in [1.82, 2.24) is 29.6 Å². The van der Waals surface area contributed by atoms with Gasteiger partial charge in [-0.1, -0.05) is 26.0 Å². The van der Waals surface area contributed by atoms with E-state index < -0.39 is 0 Å². The van der Waals surface area contributed by atoms with Gasteiger partial charge in [0.2, 0.25) is 0 Å². The minimum atomic E-state index is 0.0155. The average Bonchev–Trinajstić information content (AvgIpc) is 3.44. The van der Waals surface area contributed by atoms with Crippen molar-refractivity contribution in [2.75, 3.05) is 13.1 Å². The van der Waals surface area contributed by atoms with Crippen LogP contribution in [0.3, 0.4) is 0 Å². The third kappa shape index (κ3) is 3.42. The van der Waals surface area contributed by atoms with Gasteiger partial charge in [0.25, 0.3) is 5.91 Å². The lowest BCUT2D eigenvalue weighted by atomic mass is 9.98. The second-order valence-corrected chi connectivity index (χ2v) is 8.03. The number of hydrogen-bond acceptors (Lipinski definition) is 4. The molecule has 1 aliphatic heterocycles. The van der Waals surface area contributed by atoms with Crippen molar-refractivity contribution in [1.29, 1.82) is 0 Å². The van der Waals surface area contributed by atoms with Crippen LogP contribution >= 0.6 is 0 Å². The largest absolute Gasteiger partial charge is 0.346 e. The molecule has 0 fully saturated rings. The van der Waals surface area contributed by atoms with E-state index in [1.807, 2.05) is 35.4 Å². The predicted molar refractivity (Wildman–Crippen MR) is 120 cm³/mol. The highest BCUT2D eigenvalue weighted by Crippen LogP contribution is 2.30. The zero-order chi connectivity index (χ0) is 21.4. The molecular weight excluding hydrogens is 388 g/mol. The molecule has 4 aromatic rings. The van der Waals surface area contributed by atoms with Crippen LogP contribution < -0.4 is 0 Å². The molecule has 0 aliphatic carbocycles. The number of rotatable bonds is 4. The fourth-order valence-corrected chi connectivity index (χ4v) is 4.23. The number of carbonyl (C=O) groups excluding carboxylic acids is 1. The van der Waals surface area contributed by atoms with Gasteiger partial charge in [0.15, 0.2) is 5.82 Å². The SMILES string of the molecule is CC(C)c1c(C(=O)N2CC=C(c3c[nH]c4ncccc34)CC2)cnn1-c1ccccn1. The average molecular weight is 412 g/mol. The van der Waals surface area contributed by atoms with E-state index in [-0.39, 0.29) is 11.8 Å². The molecule has 0 atom stereocenters. The van der Waals surface area contributed by atoms with Gasteiger partial charge in [0, 0.05) is 42.6 Å². The summed E-state index contributed by atoms with van der Waals surface area (Å²) in [4.78, 5) is 27.3. The van der Waals surface area contributed by atoms with E-state index in [2.05, 4.69) is 46.0 Å². The molecule has 156 valence electrons. The molecule has 5 heterocycles. The van der Waals surface area contributed by atoms with E-state index in [0.717, 1.165) is 29.0 Å². The summed E-state index contributed by atoms with van der Waals surface area (Å²) in [5.74, 6) is 0.874.